The van der Waals surface area contributed by atoms with E-state index >= 15 is 0 Å². The third-order valence-corrected chi connectivity index (χ3v) is 6.00. The van der Waals surface area contributed by atoms with E-state index in [0.717, 1.165) is 62.7 Å². The van der Waals surface area contributed by atoms with Gasteiger partial charge in [-0.1, -0.05) is 30.4 Å². The minimum atomic E-state index is -0.140. The second-order valence-corrected chi connectivity index (χ2v) is 8.49. The Kier molecular flexibility index (Phi) is 9.01. The maximum atomic E-state index is 12.3. The second kappa shape index (κ2) is 12.2. The van der Waals surface area contributed by atoms with Crippen LogP contribution >= 0.6 is 0 Å². The highest BCUT2D eigenvalue weighted by Crippen LogP contribution is 2.24. The summed E-state index contributed by atoms with van der Waals surface area (Å²) >= 11 is 0. The molecule has 33 heavy (non-hydrogen) atoms. The Morgan fingerprint density at radius 2 is 2.21 bits per heavy atom. The molecular formula is C26H35N5O2. The standard InChI is InChI=1S/C17H21N3O2.C9H14N2/c21-11-10-20-12-18-15-9-8-14(19-16(15)17(20)22)7-6-13-4-2-1-3-5-13;1-4-9-7(2)5-8(11-9)6-10-3/h2,4-5,11-12,14,19H,1,3,6-10H2;4-5,10-11H,1,6H2,2-3H3. The SMILES string of the molecule is C=Cc1[nH]c(CNC)cc1C.O=CCn1cnc2c(c1=O)NC(CCC1=CCCC=C1)CC2. The van der Waals surface area contributed by atoms with Gasteiger partial charge in [0.15, 0.2) is 0 Å². The molecule has 176 valence electrons. The van der Waals surface area contributed by atoms with Crippen LogP contribution in [0.1, 0.15) is 54.7 Å². The largest absolute Gasteiger partial charge is 0.376 e. The lowest BCUT2D eigenvalue weighted by Gasteiger charge is -2.26. The van der Waals surface area contributed by atoms with Crippen LogP contribution in [0.25, 0.3) is 6.08 Å². The van der Waals surface area contributed by atoms with Crippen LogP contribution < -0.4 is 16.2 Å². The van der Waals surface area contributed by atoms with Gasteiger partial charge in [-0.25, -0.2) is 4.98 Å². The molecule has 3 N–H and O–H groups in total. The van der Waals surface area contributed by atoms with E-state index < -0.39 is 0 Å². The third-order valence-electron chi connectivity index (χ3n) is 6.00. The van der Waals surface area contributed by atoms with Crippen LogP contribution in [0.15, 0.2) is 47.6 Å². The summed E-state index contributed by atoms with van der Waals surface area (Å²) in [6.45, 7) is 6.73. The molecule has 2 aromatic heterocycles. The lowest BCUT2D eigenvalue weighted by Crippen LogP contribution is -2.34. The molecule has 0 radical (unpaired) electrons. The summed E-state index contributed by atoms with van der Waals surface area (Å²) < 4.78 is 1.35. The van der Waals surface area contributed by atoms with E-state index in [9.17, 15) is 9.59 Å². The molecule has 0 saturated carbocycles. The third kappa shape index (κ3) is 6.65. The van der Waals surface area contributed by atoms with Gasteiger partial charge in [-0.15, -0.1) is 0 Å². The molecule has 0 spiro atoms. The number of fused-ring (bicyclic) bond motifs is 1. The molecule has 3 heterocycles. The number of carbonyl (C=O) groups excluding carboxylic acids is 1. The fourth-order valence-corrected chi connectivity index (χ4v) is 4.21. The van der Waals surface area contributed by atoms with Crippen molar-refractivity contribution in [3.05, 3.63) is 75.8 Å². The summed E-state index contributed by atoms with van der Waals surface area (Å²) in [6.07, 6.45) is 16.9. The number of nitrogens with zero attached hydrogens (tertiary/aromatic N) is 2. The van der Waals surface area contributed by atoms with Gasteiger partial charge in [-0.3, -0.25) is 9.36 Å². The fraction of sp³-hybridized carbons (Fsp3) is 0.423. The number of hydrogen-bond acceptors (Lipinski definition) is 5. The van der Waals surface area contributed by atoms with Gasteiger partial charge in [-0.05, 0) is 70.2 Å². The van der Waals surface area contributed by atoms with Gasteiger partial charge in [0.25, 0.3) is 5.56 Å². The Hall–Kier alpha value is -3.19. The molecule has 1 unspecified atom stereocenters. The average molecular weight is 450 g/mol. The molecule has 1 aliphatic carbocycles. The van der Waals surface area contributed by atoms with Crippen molar-refractivity contribution >= 4 is 18.0 Å². The number of carbonyl (C=O) groups is 1. The highest BCUT2D eigenvalue weighted by Gasteiger charge is 2.22. The molecule has 4 rings (SSSR count). The Balaban J connectivity index is 0.000000235. The predicted octanol–water partition coefficient (Wildman–Crippen LogP) is 3.91. The minimum Gasteiger partial charge on any atom is -0.376 e. The molecular weight excluding hydrogens is 414 g/mol. The summed E-state index contributed by atoms with van der Waals surface area (Å²) in [6, 6.07) is 2.43. The number of aldehydes is 1. The van der Waals surface area contributed by atoms with Crippen molar-refractivity contribution in [1.29, 1.82) is 0 Å². The number of allylic oxidation sites excluding steroid dienone is 4. The van der Waals surface area contributed by atoms with Crippen molar-refractivity contribution in [2.75, 3.05) is 12.4 Å². The Morgan fingerprint density at radius 3 is 2.88 bits per heavy atom. The lowest BCUT2D eigenvalue weighted by molar-refractivity contribution is -0.108. The molecule has 2 aliphatic rings. The maximum absolute atomic E-state index is 12.3. The number of anilines is 1. The van der Waals surface area contributed by atoms with E-state index in [1.165, 1.54) is 27.7 Å². The van der Waals surface area contributed by atoms with E-state index in [-0.39, 0.29) is 12.1 Å². The number of aromatic nitrogens is 3. The average Bonchev–Trinajstić information content (AvgIpc) is 3.20. The van der Waals surface area contributed by atoms with Crippen molar-refractivity contribution in [1.82, 2.24) is 19.9 Å². The monoisotopic (exact) mass is 449 g/mol. The number of aromatic amines is 1. The van der Waals surface area contributed by atoms with Crippen LogP contribution in [0.5, 0.6) is 0 Å². The molecule has 1 aliphatic heterocycles. The minimum absolute atomic E-state index is 0.0587. The van der Waals surface area contributed by atoms with E-state index in [4.69, 9.17) is 0 Å². The van der Waals surface area contributed by atoms with Gasteiger partial charge in [-0.2, -0.15) is 0 Å². The molecule has 0 amide bonds. The van der Waals surface area contributed by atoms with E-state index in [2.05, 4.69) is 58.4 Å². The van der Waals surface area contributed by atoms with E-state index in [0.29, 0.717) is 11.7 Å². The predicted molar refractivity (Wildman–Crippen MR) is 134 cm³/mol. The molecule has 2 aromatic rings. The van der Waals surface area contributed by atoms with Crippen molar-refractivity contribution in [3.8, 4) is 0 Å². The van der Waals surface area contributed by atoms with Gasteiger partial charge in [0, 0.05) is 24.0 Å². The summed E-state index contributed by atoms with van der Waals surface area (Å²) in [5, 5.41) is 6.42. The molecule has 7 nitrogen and oxygen atoms in total. The van der Waals surface area contributed by atoms with Crippen LogP contribution in [0.2, 0.25) is 0 Å². The zero-order valence-electron chi connectivity index (χ0n) is 19.7. The normalized spacial score (nSPS) is 16.7. The smallest absolute Gasteiger partial charge is 0.277 e. The van der Waals surface area contributed by atoms with Crippen molar-refractivity contribution < 1.29 is 4.79 Å². The molecule has 0 saturated heterocycles. The van der Waals surface area contributed by atoms with Gasteiger partial charge >= 0.3 is 0 Å². The second-order valence-electron chi connectivity index (χ2n) is 8.49. The summed E-state index contributed by atoms with van der Waals surface area (Å²) in [7, 11) is 1.93. The van der Waals surface area contributed by atoms with Crippen molar-refractivity contribution in [3.63, 3.8) is 0 Å². The van der Waals surface area contributed by atoms with E-state index in [1.807, 2.05) is 13.1 Å². The number of rotatable bonds is 8. The van der Waals surface area contributed by atoms with Gasteiger partial charge < -0.3 is 20.4 Å². The van der Waals surface area contributed by atoms with Crippen LogP contribution in [0.3, 0.4) is 0 Å². The van der Waals surface area contributed by atoms with Gasteiger partial charge in [0.05, 0.1) is 18.6 Å². The Labute approximate surface area is 195 Å². The Bertz CT molecular complexity index is 1080. The highest BCUT2D eigenvalue weighted by atomic mass is 16.1. The maximum Gasteiger partial charge on any atom is 0.277 e. The molecule has 0 bridgehead atoms. The first-order chi connectivity index (χ1) is 16.0. The van der Waals surface area contributed by atoms with Crippen LogP contribution in [0.4, 0.5) is 5.69 Å². The highest BCUT2D eigenvalue weighted by molar-refractivity contribution is 5.52. The fourth-order valence-electron chi connectivity index (χ4n) is 4.21. The van der Waals surface area contributed by atoms with Gasteiger partial charge in [0.2, 0.25) is 0 Å². The molecule has 7 heteroatoms. The van der Waals surface area contributed by atoms with Crippen molar-refractivity contribution in [2.45, 2.75) is 64.6 Å². The first kappa shape index (κ1) is 24.5. The summed E-state index contributed by atoms with van der Waals surface area (Å²) in [5.41, 5.74) is 6.23. The summed E-state index contributed by atoms with van der Waals surface area (Å²) in [5.74, 6) is 0. The summed E-state index contributed by atoms with van der Waals surface area (Å²) in [4.78, 5) is 30.5. The van der Waals surface area contributed by atoms with Gasteiger partial charge in [0.1, 0.15) is 12.0 Å². The zero-order chi connectivity index (χ0) is 23.6. The first-order valence-corrected chi connectivity index (χ1v) is 11.6. The number of nitrogens with one attached hydrogen (secondary N) is 3. The number of hydrogen-bond donors (Lipinski definition) is 3. The molecule has 0 aromatic carbocycles. The van der Waals surface area contributed by atoms with Crippen LogP contribution in [-0.4, -0.2) is 33.9 Å². The Morgan fingerprint density at radius 1 is 1.36 bits per heavy atom. The number of aryl methyl sites for hydroxylation is 2. The molecule has 1 atom stereocenters. The molecule has 0 fully saturated rings. The van der Waals surface area contributed by atoms with Crippen LogP contribution in [-0.2, 0) is 24.3 Å². The lowest BCUT2D eigenvalue weighted by atomic mass is 9.95. The number of H-pyrrole nitrogens is 1. The van der Waals surface area contributed by atoms with E-state index in [1.54, 1.807) is 0 Å². The zero-order valence-corrected chi connectivity index (χ0v) is 19.7. The van der Waals surface area contributed by atoms with Crippen LogP contribution in [0, 0.1) is 6.92 Å². The quantitative estimate of drug-likeness (QED) is 0.532. The van der Waals surface area contributed by atoms with Crippen molar-refractivity contribution in [2.24, 2.45) is 0 Å². The first-order valence-electron chi connectivity index (χ1n) is 11.6. The topological polar surface area (TPSA) is 91.8 Å².